The molecule has 0 aromatic rings. The fraction of sp³-hybridized carbons (Fsp3) is 1.00. The Hall–Kier alpha value is 0.180. The molecule has 0 saturated heterocycles. The lowest BCUT2D eigenvalue weighted by molar-refractivity contribution is -0.129. The van der Waals surface area contributed by atoms with Crippen LogP contribution in [0.25, 0.3) is 0 Å². The monoisotopic (exact) mass is 416 g/mol. The standard InChI is InChI=1S/C6H7F6IO4S/c7-4(8,1-5(9,10)13)2-17-3-6(11,12)18(14,15)16/h1-3H2,(H,14,15,16). The van der Waals surface area contributed by atoms with Gasteiger partial charge in [0.15, 0.2) is 0 Å². The van der Waals surface area contributed by atoms with Crippen LogP contribution in [0.3, 0.4) is 0 Å². The number of alkyl halides is 7. The fourth-order valence-corrected chi connectivity index (χ4v) is 1.53. The molecule has 0 atom stereocenters. The lowest BCUT2D eigenvalue weighted by Crippen LogP contribution is -2.37. The van der Waals surface area contributed by atoms with Gasteiger partial charge >= 0.3 is 19.3 Å². The molecule has 0 aliphatic rings. The highest BCUT2D eigenvalue weighted by atomic mass is 127. The van der Waals surface area contributed by atoms with Crippen LogP contribution in [0, 0.1) is 0 Å². The normalized spacial score (nSPS) is 14.9. The van der Waals surface area contributed by atoms with Crippen molar-refractivity contribution in [2.24, 2.45) is 0 Å². The molecular weight excluding hydrogens is 409 g/mol. The van der Waals surface area contributed by atoms with Crippen LogP contribution in [0.5, 0.6) is 0 Å². The van der Waals surface area contributed by atoms with Crippen molar-refractivity contribution in [2.75, 3.05) is 13.2 Å². The molecule has 0 radical (unpaired) electrons. The molecule has 12 heteroatoms. The van der Waals surface area contributed by atoms with Gasteiger partial charge in [0, 0.05) is 0 Å². The molecule has 0 heterocycles. The number of halogens is 7. The third-order valence-electron chi connectivity index (χ3n) is 1.42. The quantitative estimate of drug-likeness (QED) is 0.300. The second-order valence-corrected chi connectivity index (χ2v) is 6.38. The van der Waals surface area contributed by atoms with Gasteiger partial charge in [0.1, 0.15) is 13.2 Å². The van der Waals surface area contributed by atoms with Gasteiger partial charge in [-0.05, 0) is 22.6 Å². The Morgan fingerprint density at radius 1 is 1.06 bits per heavy atom. The summed E-state index contributed by atoms with van der Waals surface area (Å²) in [4.78, 5) is 0. The van der Waals surface area contributed by atoms with E-state index in [1.54, 1.807) is 0 Å². The predicted octanol–water partition coefficient (Wildman–Crippen LogP) is 2.54. The van der Waals surface area contributed by atoms with Gasteiger partial charge in [-0.1, -0.05) is 0 Å². The van der Waals surface area contributed by atoms with Crippen molar-refractivity contribution < 1.29 is 44.0 Å². The largest absolute Gasteiger partial charge is 0.392 e. The topological polar surface area (TPSA) is 63.6 Å². The summed E-state index contributed by atoms with van der Waals surface area (Å²) in [5, 5.41) is -4.78. The third-order valence-corrected chi connectivity index (χ3v) is 2.67. The summed E-state index contributed by atoms with van der Waals surface area (Å²) in [6, 6.07) is 0. The number of rotatable bonds is 7. The molecule has 0 aromatic carbocycles. The summed E-state index contributed by atoms with van der Waals surface area (Å²) in [7, 11) is -5.81. The van der Waals surface area contributed by atoms with E-state index in [4.69, 9.17) is 4.55 Å². The zero-order valence-electron chi connectivity index (χ0n) is 8.35. The lowest BCUT2D eigenvalue weighted by Gasteiger charge is -2.20. The molecule has 0 amide bonds. The first-order valence-electron chi connectivity index (χ1n) is 4.03. The number of hydrogen-bond donors (Lipinski definition) is 1. The molecule has 110 valence electrons. The summed E-state index contributed by atoms with van der Waals surface area (Å²) in [6.07, 6.45) is -1.95. The zero-order valence-corrected chi connectivity index (χ0v) is 11.3. The molecule has 0 spiro atoms. The first kappa shape index (κ1) is 18.2. The highest BCUT2D eigenvalue weighted by molar-refractivity contribution is 14.1. The Labute approximate surface area is 112 Å². The van der Waals surface area contributed by atoms with E-state index in [2.05, 4.69) is 4.74 Å². The van der Waals surface area contributed by atoms with E-state index in [1.807, 2.05) is 0 Å². The van der Waals surface area contributed by atoms with Crippen molar-refractivity contribution in [1.82, 2.24) is 0 Å². The Morgan fingerprint density at radius 3 is 1.83 bits per heavy atom. The minimum absolute atomic E-state index is 0.430. The molecule has 0 fully saturated rings. The van der Waals surface area contributed by atoms with Crippen molar-refractivity contribution in [2.45, 2.75) is 21.5 Å². The smallest absolute Gasteiger partial charge is 0.368 e. The van der Waals surface area contributed by atoms with Gasteiger partial charge in [-0.3, -0.25) is 4.55 Å². The molecule has 4 nitrogen and oxygen atoms in total. The van der Waals surface area contributed by atoms with Crippen LogP contribution in [0.1, 0.15) is 6.42 Å². The lowest BCUT2D eigenvalue weighted by atomic mass is 10.2. The molecular formula is C6H7F6IO4S. The Balaban J connectivity index is 4.36. The number of ether oxygens (including phenoxy) is 1. The molecule has 18 heavy (non-hydrogen) atoms. The van der Waals surface area contributed by atoms with Crippen LogP contribution in [0.2, 0.25) is 0 Å². The average Bonchev–Trinajstić information content (AvgIpc) is 1.94. The third kappa shape index (κ3) is 6.94. The van der Waals surface area contributed by atoms with Crippen LogP contribution in [0.4, 0.5) is 26.3 Å². The van der Waals surface area contributed by atoms with Crippen molar-refractivity contribution >= 4 is 32.7 Å². The SMILES string of the molecule is O=S(=O)(O)C(F)(F)COCC(F)(F)CC(F)(F)I. The van der Waals surface area contributed by atoms with Crippen LogP contribution >= 0.6 is 22.6 Å². The predicted molar refractivity (Wildman–Crippen MR) is 55.8 cm³/mol. The highest BCUT2D eigenvalue weighted by Gasteiger charge is 2.46. The van der Waals surface area contributed by atoms with E-state index in [1.165, 1.54) is 0 Å². The van der Waals surface area contributed by atoms with Crippen molar-refractivity contribution in [3.05, 3.63) is 0 Å². The van der Waals surface area contributed by atoms with Gasteiger partial charge in [-0.25, -0.2) is 8.78 Å². The molecule has 0 saturated carbocycles. The maximum absolute atomic E-state index is 12.7. The summed E-state index contributed by atoms with van der Waals surface area (Å²) in [5.74, 6) is -4.11. The maximum atomic E-state index is 12.7. The zero-order chi connectivity index (χ0) is 14.8. The van der Waals surface area contributed by atoms with Crippen LogP contribution in [-0.2, 0) is 14.9 Å². The Morgan fingerprint density at radius 2 is 1.50 bits per heavy atom. The summed E-state index contributed by atoms with van der Waals surface area (Å²) < 4.78 is 103. The van der Waals surface area contributed by atoms with Gasteiger partial charge in [0.05, 0.1) is 6.42 Å². The van der Waals surface area contributed by atoms with Crippen molar-refractivity contribution in [3.63, 3.8) is 0 Å². The van der Waals surface area contributed by atoms with Gasteiger partial charge in [-0.2, -0.15) is 26.0 Å². The van der Waals surface area contributed by atoms with E-state index >= 15 is 0 Å². The molecule has 0 bridgehead atoms. The Bertz CT molecular complexity index is 378. The van der Waals surface area contributed by atoms with Crippen molar-refractivity contribution in [1.29, 1.82) is 0 Å². The second-order valence-electron chi connectivity index (χ2n) is 3.25. The van der Waals surface area contributed by atoms with Crippen LogP contribution < -0.4 is 0 Å². The summed E-state index contributed by atoms with van der Waals surface area (Å²) >= 11 is 0.430. The van der Waals surface area contributed by atoms with Gasteiger partial charge in [0.2, 0.25) is 0 Å². The van der Waals surface area contributed by atoms with E-state index < -0.39 is 44.9 Å². The summed E-state index contributed by atoms with van der Waals surface area (Å²) in [5.41, 5.74) is 0. The summed E-state index contributed by atoms with van der Waals surface area (Å²) in [6.45, 7) is -3.88. The van der Waals surface area contributed by atoms with E-state index in [-0.39, 0.29) is 0 Å². The van der Waals surface area contributed by atoms with Gasteiger partial charge < -0.3 is 4.74 Å². The minimum Gasteiger partial charge on any atom is -0.368 e. The van der Waals surface area contributed by atoms with Crippen LogP contribution in [-0.4, -0.2) is 41.3 Å². The first-order chi connectivity index (χ1) is 7.66. The van der Waals surface area contributed by atoms with E-state index in [0.717, 1.165) is 0 Å². The molecule has 0 aliphatic carbocycles. The Kier molecular flexibility index (Phi) is 5.72. The second kappa shape index (κ2) is 5.66. The molecule has 1 N–H and O–H groups in total. The van der Waals surface area contributed by atoms with Crippen molar-refractivity contribution in [3.8, 4) is 0 Å². The van der Waals surface area contributed by atoms with E-state index in [9.17, 15) is 34.8 Å². The van der Waals surface area contributed by atoms with E-state index in [0.29, 0.717) is 22.6 Å². The molecule has 0 unspecified atom stereocenters. The maximum Gasteiger partial charge on any atom is 0.392 e. The van der Waals surface area contributed by atoms with Crippen LogP contribution in [0.15, 0.2) is 0 Å². The number of hydrogen-bond acceptors (Lipinski definition) is 3. The first-order valence-corrected chi connectivity index (χ1v) is 6.55. The minimum atomic E-state index is -5.81. The fourth-order valence-electron chi connectivity index (χ4n) is 0.738. The average molecular weight is 416 g/mol. The highest BCUT2D eigenvalue weighted by Crippen LogP contribution is 2.35. The molecule has 0 aliphatic heterocycles. The molecule has 0 aromatic heterocycles. The van der Waals surface area contributed by atoms with Gasteiger partial charge in [-0.15, -0.1) is 0 Å². The molecule has 0 rings (SSSR count). The van der Waals surface area contributed by atoms with Gasteiger partial charge in [0.25, 0.3) is 5.92 Å².